The average molecular weight is 436 g/mol. The molecular formula is C21H26BrNO2S. The molecule has 1 aliphatic heterocycles. The van der Waals surface area contributed by atoms with Gasteiger partial charge >= 0.3 is 0 Å². The third kappa shape index (κ3) is 4.27. The SMILES string of the molecule is Br.C=CC(C)(C)N1CCc2cc(O)c(O)c(Sc3ccccc3)c2CC1. The maximum atomic E-state index is 10.5. The highest BCUT2D eigenvalue weighted by Gasteiger charge is 2.28. The molecule has 0 spiro atoms. The van der Waals surface area contributed by atoms with Crippen LogP contribution in [0, 0.1) is 0 Å². The normalized spacial score (nSPS) is 14.8. The van der Waals surface area contributed by atoms with Gasteiger partial charge in [0.15, 0.2) is 11.5 Å². The molecule has 0 aromatic heterocycles. The second-order valence-electron chi connectivity index (χ2n) is 6.97. The zero-order valence-electron chi connectivity index (χ0n) is 15.2. The number of rotatable bonds is 4. The Balaban J connectivity index is 0.00000243. The fraction of sp³-hybridized carbons (Fsp3) is 0.333. The van der Waals surface area contributed by atoms with Crippen LogP contribution in [0.15, 0.2) is 58.8 Å². The lowest BCUT2D eigenvalue weighted by Gasteiger charge is -2.35. The minimum absolute atomic E-state index is 0. The predicted octanol–water partition coefficient (Wildman–Crippen LogP) is 5.19. The van der Waals surface area contributed by atoms with Crippen molar-refractivity contribution >= 4 is 28.7 Å². The summed E-state index contributed by atoms with van der Waals surface area (Å²) in [4.78, 5) is 4.24. The minimum Gasteiger partial charge on any atom is -0.504 e. The maximum Gasteiger partial charge on any atom is 0.171 e. The Morgan fingerprint density at radius 1 is 1.12 bits per heavy atom. The molecule has 26 heavy (non-hydrogen) atoms. The third-order valence-corrected chi connectivity index (χ3v) is 6.14. The van der Waals surface area contributed by atoms with Gasteiger partial charge < -0.3 is 10.2 Å². The number of phenols is 2. The lowest BCUT2D eigenvalue weighted by Crippen LogP contribution is -2.43. The number of benzene rings is 2. The van der Waals surface area contributed by atoms with Crippen molar-refractivity contribution in [2.45, 2.75) is 42.0 Å². The maximum absolute atomic E-state index is 10.5. The van der Waals surface area contributed by atoms with Gasteiger partial charge in [0, 0.05) is 23.5 Å². The van der Waals surface area contributed by atoms with Gasteiger partial charge in [-0.25, -0.2) is 0 Å². The highest BCUT2D eigenvalue weighted by molar-refractivity contribution is 8.93. The van der Waals surface area contributed by atoms with E-state index in [0.717, 1.165) is 46.8 Å². The molecule has 1 aliphatic rings. The molecule has 0 amide bonds. The molecule has 0 saturated carbocycles. The zero-order chi connectivity index (χ0) is 18.0. The van der Waals surface area contributed by atoms with Crippen molar-refractivity contribution in [3.05, 3.63) is 60.2 Å². The van der Waals surface area contributed by atoms with Crippen LogP contribution in [0.3, 0.4) is 0 Å². The number of phenolic OH excluding ortho intramolecular Hbond substituents is 2. The van der Waals surface area contributed by atoms with Crippen LogP contribution in [0.25, 0.3) is 0 Å². The van der Waals surface area contributed by atoms with Crippen LogP contribution in [-0.4, -0.2) is 33.7 Å². The predicted molar refractivity (Wildman–Crippen MR) is 114 cm³/mol. The van der Waals surface area contributed by atoms with Gasteiger partial charge in [0.2, 0.25) is 0 Å². The van der Waals surface area contributed by atoms with Gasteiger partial charge in [-0.1, -0.05) is 36.0 Å². The Morgan fingerprint density at radius 2 is 1.77 bits per heavy atom. The van der Waals surface area contributed by atoms with E-state index in [1.807, 2.05) is 36.4 Å². The minimum atomic E-state index is -0.0706. The summed E-state index contributed by atoms with van der Waals surface area (Å²) in [5.41, 5.74) is 2.20. The molecule has 0 saturated heterocycles. The van der Waals surface area contributed by atoms with Gasteiger partial charge in [-0.15, -0.1) is 23.6 Å². The summed E-state index contributed by atoms with van der Waals surface area (Å²) in [7, 11) is 0. The summed E-state index contributed by atoms with van der Waals surface area (Å²) in [5, 5.41) is 20.7. The Bertz CT molecular complexity index is 777. The van der Waals surface area contributed by atoms with Crippen LogP contribution in [0.4, 0.5) is 0 Å². The first-order valence-corrected chi connectivity index (χ1v) is 9.42. The lowest BCUT2D eigenvalue weighted by atomic mass is 10.0. The van der Waals surface area contributed by atoms with Crippen molar-refractivity contribution in [3.63, 3.8) is 0 Å². The van der Waals surface area contributed by atoms with Crippen LogP contribution < -0.4 is 0 Å². The molecule has 0 bridgehead atoms. The summed E-state index contributed by atoms with van der Waals surface area (Å²) in [5.74, 6) is -0.0438. The first kappa shape index (κ1) is 20.9. The fourth-order valence-electron chi connectivity index (χ4n) is 3.26. The molecule has 3 rings (SSSR count). The Hall–Kier alpha value is -1.43. The smallest absolute Gasteiger partial charge is 0.171 e. The summed E-state index contributed by atoms with van der Waals surface area (Å²) in [6, 6.07) is 11.7. The standard InChI is InChI=1S/C21H25NO2S.BrH/c1-4-21(2,3)22-12-10-15-14-18(23)19(24)20(17(15)11-13-22)25-16-8-6-5-7-9-16;/h4-9,14,23-24H,1,10-13H2,2-3H3;1H. The van der Waals surface area contributed by atoms with E-state index in [1.165, 1.54) is 11.8 Å². The van der Waals surface area contributed by atoms with E-state index in [4.69, 9.17) is 0 Å². The van der Waals surface area contributed by atoms with Gasteiger partial charge in [-0.2, -0.15) is 0 Å². The number of fused-ring (bicyclic) bond motifs is 1. The topological polar surface area (TPSA) is 43.7 Å². The first-order chi connectivity index (χ1) is 11.9. The van der Waals surface area contributed by atoms with Crippen molar-refractivity contribution in [2.24, 2.45) is 0 Å². The average Bonchev–Trinajstić information content (AvgIpc) is 2.83. The van der Waals surface area contributed by atoms with E-state index in [1.54, 1.807) is 6.07 Å². The van der Waals surface area contributed by atoms with Crippen LogP contribution in [0.5, 0.6) is 11.5 Å². The van der Waals surface area contributed by atoms with Crippen molar-refractivity contribution in [2.75, 3.05) is 13.1 Å². The first-order valence-electron chi connectivity index (χ1n) is 8.60. The molecule has 0 radical (unpaired) electrons. The molecule has 0 fully saturated rings. The monoisotopic (exact) mass is 435 g/mol. The quantitative estimate of drug-likeness (QED) is 0.511. The van der Waals surface area contributed by atoms with Crippen LogP contribution in [0.2, 0.25) is 0 Å². The van der Waals surface area contributed by atoms with Crippen LogP contribution in [-0.2, 0) is 12.8 Å². The van der Waals surface area contributed by atoms with Crippen LogP contribution >= 0.6 is 28.7 Å². The molecule has 2 aromatic carbocycles. The Morgan fingerprint density at radius 3 is 2.42 bits per heavy atom. The molecule has 2 aromatic rings. The van der Waals surface area contributed by atoms with Crippen molar-refractivity contribution in [3.8, 4) is 11.5 Å². The van der Waals surface area contributed by atoms with Crippen molar-refractivity contribution in [1.82, 2.24) is 4.90 Å². The fourth-order valence-corrected chi connectivity index (χ4v) is 4.34. The van der Waals surface area contributed by atoms with E-state index in [-0.39, 0.29) is 34.0 Å². The molecule has 2 N–H and O–H groups in total. The molecule has 140 valence electrons. The second-order valence-corrected chi connectivity index (χ2v) is 8.05. The number of halogens is 1. The molecule has 5 heteroatoms. The van der Waals surface area contributed by atoms with Gasteiger partial charge in [-0.05, 0) is 56.0 Å². The van der Waals surface area contributed by atoms with E-state index in [0.29, 0.717) is 0 Å². The number of aromatic hydroxyl groups is 2. The molecule has 0 aliphatic carbocycles. The number of hydrogen-bond donors (Lipinski definition) is 2. The van der Waals surface area contributed by atoms with Gasteiger partial charge in [0.25, 0.3) is 0 Å². The highest BCUT2D eigenvalue weighted by atomic mass is 79.9. The van der Waals surface area contributed by atoms with Crippen molar-refractivity contribution in [1.29, 1.82) is 0 Å². The summed E-state index contributed by atoms with van der Waals surface area (Å²) in [6.07, 6.45) is 3.68. The third-order valence-electron chi connectivity index (χ3n) is 4.99. The Labute approximate surface area is 170 Å². The van der Waals surface area contributed by atoms with Gasteiger partial charge in [0.1, 0.15) is 0 Å². The second kappa shape index (κ2) is 8.51. The number of nitrogens with zero attached hydrogens (tertiary/aromatic N) is 1. The van der Waals surface area contributed by atoms with E-state index >= 15 is 0 Å². The lowest BCUT2D eigenvalue weighted by molar-refractivity contribution is 0.170. The molecular weight excluding hydrogens is 410 g/mol. The molecule has 1 heterocycles. The van der Waals surface area contributed by atoms with Gasteiger partial charge in [-0.3, -0.25) is 4.90 Å². The largest absolute Gasteiger partial charge is 0.504 e. The van der Waals surface area contributed by atoms with E-state index in [9.17, 15) is 10.2 Å². The summed E-state index contributed by atoms with van der Waals surface area (Å²) >= 11 is 1.52. The summed E-state index contributed by atoms with van der Waals surface area (Å²) < 4.78 is 0. The molecule has 3 nitrogen and oxygen atoms in total. The summed E-state index contributed by atoms with van der Waals surface area (Å²) in [6.45, 7) is 10.1. The number of hydrogen-bond acceptors (Lipinski definition) is 4. The van der Waals surface area contributed by atoms with E-state index < -0.39 is 0 Å². The van der Waals surface area contributed by atoms with Crippen molar-refractivity contribution < 1.29 is 10.2 Å². The van der Waals surface area contributed by atoms with Crippen LogP contribution in [0.1, 0.15) is 25.0 Å². The highest BCUT2D eigenvalue weighted by Crippen LogP contribution is 2.44. The zero-order valence-corrected chi connectivity index (χ0v) is 17.8. The van der Waals surface area contributed by atoms with E-state index in [2.05, 4.69) is 25.3 Å². The molecule has 0 unspecified atom stereocenters. The molecule has 0 atom stereocenters. The van der Waals surface area contributed by atoms with Gasteiger partial charge in [0.05, 0.1) is 4.90 Å². The Kier molecular flexibility index (Phi) is 6.83.